The van der Waals surface area contributed by atoms with E-state index in [-0.39, 0.29) is 12.6 Å². The molecule has 0 N–H and O–H groups in total. The summed E-state index contributed by atoms with van der Waals surface area (Å²) in [6, 6.07) is 18.0. The van der Waals surface area contributed by atoms with Gasteiger partial charge >= 0.3 is 5.97 Å². The number of hydrogen-bond donors (Lipinski definition) is 0. The second-order valence-corrected chi connectivity index (χ2v) is 5.32. The molecule has 5 nitrogen and oxygen atoms in total. The van der Waals surface area contributed by atoms with Crippen LogP contribution in [-0.4, -0.2) is 15.7 Å². The Labute approximate surface area is 139 Å². The van der Waals surface area contributed by atoms with Gasteiger partial charge in [0, 0.05) is 11.9 Å². The number of aromatic nitrogens is 2. The van der Waals surface area contributed by atoms with Crippen LogP contribution in [0.1, 0.15) is 27.2 Å². The molecule has 118 valence electrons. The molecule has 0 saturated carbocycles. The Morgan fingerprint density at radius 3 is 2.42 bits per heavy atom. The highest BCUT2D eigenvalue weighted by atomic mass is 16.5. The van der Waals surface area contributed by atoms with Crippen LogP contribution in [0.4, 0.5) is 0 Å². The van der Waals surface area contributed by atoms with Crippen LogP contribution < -0.4 is 0 Å². The lowest BCUT2D eigenvalue weighted by Crippen LogP contribution is -2.06. The van der Waals surface area contributed by atoms with Gasteiger partial charge < -0.3 is 4.74 Å². The van der Waals surface area contributed by atoms with Gasteiger partial charge in [-0.3, -0.25) is 0 Å². The Kier molecular flexibility index (Phi) is 4.39. The average molecular weight is 317 g/mol. The molecule has 0 atom stereocenters. The Bertz CT molecular complexity index is 888. The zero-order chi connectivity index (χ0) is 16.9. The van der Waals surface area contributed by atoms with Gasteiger partial charge in [0.2, 0.25) is 0 Å². The van der Waals surface area contributed by atoms with Crippen LogP contribution >= 0.6 is 0 Å². The maximum atomic E-state index is 12.1. The van der Waals surface area contributed by atoms with Crippen LogP contribution in [0, 0.1) is 18.3 Å². The zero-order valence-corrected chi connectivity index (χ0v) is 13.1. The molecule has 0 saturated heterocycles. The normalized spacial score (nSPS) is 10.2. The molecule has 0 aliphatic carbocycles. The van der Waals surface area contributed by atoms with E-state index in [9.17, 15) is 4.79 Å². The molecule has 0 bridgehead atoms. The van der Waals surface area contributed by atoms with E-state index in [1.807, 2.05) is 25.1 Å². The monoisotopic (exact) mass is 317 g/mol. The summed E-state index contributed by atoms with van der Waals surface area (Å²) in [6.45, 7) is 2.14. The largest absolute Gasteiger partial charge is 0.457 e. The first-order valence-corrected chi connectivity index (χ1v) is 7.44. The second kappa shape index (κ2) is 6.80. The van der Waals surface area contributed by atoms with Gasteiger partial charge in [-0.25, -0.2) is 9.48 Å². The molecule has 0 spiro atoms. The van der Waals surface area contributed by atoms with E-state index < -0.39 is 0 Å². The van der Waals surface area contributed by atoms with Crippen LogP contribution in [0.5, 0.6) is 0 Å². The summed E-state index contributed by atoms with van der Waals surface area (Å²) in [5.41, 5.74) is 3.81. The van der Waals surface area contributed by atoms with Crippen LogP contribution in [0.25, 0.3) is 5.69 Å². The second-order valence-electron chi connectivity index (χ2n) is 5.32. The minimum Gasteiger partial charge on any atom is -0.457 e. The number of ether oxygens (including phenoxy) is 1. The van der Waals surface area contributed by atoms with Crippen molar-refractivity contribution in [1.82, 2.24) is 9.78 Å². The fourth-order valence-corrected chi connectivity index (χ4v) is 2.29. The average Bonchev–Trinajstić information content (AvgIpc) is 3.06. The van der Waals surface area contributed by atoms with Gasteiger partial charge in [0.25, 0.3) is 0 Å². The van der Waals surface area contributed by atoms with Crippen molar-refractivity contribution < 1.29 is 9.53 Å². The first-order chi connectivity index (χ1) is 11.7. The summed E-state index contributed by atoms with van der Waals surface area (Å²) in [4.78, 5) is 12.1. The molecular formula is C19H15N3O2. The fraction of sp³-hybridized carbons (Fsp3) is 0.105. The number of carbonyl (C=O) groups is 1. The summed E-state index contributed by atoms with van der Waals surface area (Å²) < 4.78 is 7.10. The lowest BCUT2D eigenvalue weighted by Gasteiger charge is -2.07. The maximum absolute atomic E-state index is 12.1. The highest BCUT2D eigenvalue weighted by Crippen LogP contribution is 2.13. The maximum Gasteiger partial charge on any atom is 0.338 e. The third kappa shape index (κ3) is 3.33. The van der Waals surface area contributed by atoms with Crippen LogP contribution in [-0.2, 0) is 11.3 Å². The van der Waals surface area contributed by atoms with Crippen molar-refractivity contribution in [3.8, 4) is 11.8 Å². The lowest BCUT2D eigenvalue weighted by molar-refractivity contribution is 0.0472. The van der Waals surface area contributed by atoms with Gasteiger partial charge in [-0.15, -0.1) is 0 Å². The summed E-state index contributed by atoms with van der Waals surface area (Å²) >= 11 is 0. The first-order valence-electron chi connectivity index (χ1n) is 7.44. The first kappa shape index (κ1) is 15.5. The van der Waals surface area contributed by atoms with E-state index in [0.717, 1.165) is 16.9 Å². The molecule has 0 aliphatic rings. The third-order valence-electron chi connectivity index (χ3n) is 3.63. The lowest BCUT2D eigenvalue weighted by atomic mass is 10.1. The van der Waals surface area contributed by atoms with Gasteiger partial charge in [-0.05, 0) is 55.0 Å². The SMILES string of the molecule is Cc1ccnn1-c1ccc(C(=O)OCc2ccc(C#N)cc2)cc1. The number of aryl methyl sites for hydroxylation is 1. The topological polar surface area (TPSA) is 67.9 Å². The fourth-order valence-electron chi connectivity index (χ4n) is 2.29. The van der Waals surface area contributed by atoms with Crippen LogP contribution in [0.3, 0.4) is 0 Å². The summed E-state index contributed by atoms with van der Waals surface area (Å²) in [6.07, 6.45) is 1.73. The number of carbonyl (C=O) groups excluding carboxylic acids is 1. The van der Waals surface area contributed by atoms with Crippen LogP contribution in [0.2, 0.25) is 0 Å². The van der Waals surface area contributed by atoms with Crippen molar-refractivity contribution in [2.24, 2.45) is 0 Å². The van der Waals surface area contributed by atoms with Gasteiger partial charge in [-0.1, -0.05) is 12.1 Å². The van der Waals surface area contributed by atoms with E-state index in [0.29, 0.717) is 11.1 Å². The van der Waals surface area contributed by atoms with Crippen molar-refractivity contribution in [3.63, 3.8) is 0 Å². The van der Waals surface area contributed by atoms with Crippen molar-refractivity contribution >= 4 is 5.97 Å². The predicted octanol–water partition coefficient (Wildman–Crippen LogP) is 3.41. The molecule has 0 amide bonds. The molecule has 5 heteroatoms. The standard InChI is InChI=1S/C19H15N3O2/c1-14-10-11-21-22(14)18-8-6-17(7-9-18)19(23)24-13-16-4-2-15(12-20)3-5-16/h2-11H,13H2,1H3. The molecule has 3 aromatic rings. The molecule has 0 radical (unpaired) electrons. The number of hydrogen-bond acceptors (Lipinski definition) is 4. The summed E-state index contributed by atoms with van der Waals surface area (Å²) in [7, 11) is 0. The van der Waals surface area contributed by atoms with Crippen molar-refractivity contribution in [3.05, 3.63) is 83.2 Å². The number of nitrogens with zero attached hydrogens (tertiary/aromatic N) is 3. The molecule has 0 unspecified atom stereocenters. The number of benzene rings is 2. The van der Waals surface area contributed by atoms with E-state index in [1.165, 1.54) is 0 Å². The molecule has 1 heterocycles. The molecule has 2 aromatic carbocycles. The van der Waals surface area contributed by atoms with Gasteiger partial charge in [-0.2, -0.15) is 10.4 Å². The number of rotatable bonds is 4. The Hall–Kier alpha value is -3.39. The summed E-state index contributed by atoms with van der Waals surface area (Å²) in [5.74, 6) is -0.386. The van der Waals surface area contributed by atoms with Gasteiger partial charge in [0.1, 0.15) is 6.61 Å². The van der Waals surface area contributed by atoms with Gasteiger partial charge in [0.05, 0.1) is 22.9 Å². The molecule has 0 aliphatic heterocycles. The summed E-state index contributed by atoms with van der Waals surface area (Å²) in [5, 5.41) is 13.0. The quantitative estimate of drug-likeness (QED) is 0.692. The molecular weight excluding hydrogens is 302 g/mol. The molecule has 1 aromatic heterocycles. The van der Waals surface area contributed by atoms with E-state index >= 15 is 0 Å². The minimum absolute atomic E-state index is 0.171. The molecule has 24 heavy (non-hydrogen) atoms. The van der Waals surface area contributed by atoms with Gasteiger partial charge in [0.15, 0.2) is 0 Å². The third-order valence-corrected chi connectivity index (χ3v) is 3.63. The predicted molar refractivity (Wildman–Crippen MR) is 88.6 cm³/mol. The van der Waals surface area contributed by atoms with E-state index in [4.69, 9.17) is 10.00 Å². The van der Waals surface area contributed by atoms with E-state index in [2.05, 4.69) is 11.2 Å². The Morgan fingerprint density at radius 1 is 1.12 bits per heavy atom. The van der Waals surface area contributed by atoms with E-state index in [1.54, 1.807) is 47.3 Å². The van der Waals surface area contributed by atoms with Crippen LogP contribution in [0.15, 0.2) is 60.8 Å². The smallest absolute Gasteiger partial charge is 0.338 e. The Morgan fingerprint density at radius 2 is 1.83 bits per heavy atom. The van der Waals surface area contributed by atoms with Crippen molar-refractivity contribution in [2.75, 3.05) is 0 Å². The number of esters is 1. The highest BCUT2D eigenvalue weighted by Gasteiger charge is 2.08. The molecule has 3 rings (SSSR count). The highest BCUT2D eigenvalue weighted by molar-refractivity contribution is 5.89. The minimum atomic E-state index is -0.386. The van der Waals surface area contributed by atoms with Crippen molar-refractivity contribution in [1.29, 1.82) is 5.26 Å². The Balaban J connectivity index is 1.64. The van der Waals surface area contributed by atoms with Crippen molar-refractivity contribution in [2.45, 2.75) is 13.5 Å². The number of nitriles is 1. The zero-order valence-electron chi connectivity index (χ0n) is 13.1. The molecule has 0 fully saturated rings.